The molecule has 4 atom stereocenters. The summed E-state index contributed by atoms with van der Waals surface area (Å²) < 4.78 is 39.7. The number of carboxylic acids is 1. The standard InChI is InChI=1S/C35H47F2N5O8/c1-20(2)28(29(43)38-22(4)30(44)42-16-8-9-26(41-42)31(45)46)49-32(47)35(18-36,19-37)15-14-23-10-11-24-12-13-25(40-27(24)17-23)21(3)39-33(48)50-34(5,6)7/h10-15,17,20-22,26,28,41H,8-9,16,18-19H2,1-7H3,(H,38,43)(H,39,48)(H,45,46)/b15-14+/t21-,22+,26+,28+/m1/s1. The monoisotopic (exact) mass is 703 g/mol. The van der Waals surface area contributed by atoms with Gasteiger partial charge in [0, 0.05) is 11.9 Å². The number of esters is 1. The molecule has 0 aliphatic carbocycles. The van der Waals surface area contributed by atoms with Crippen molar-refractivity contribution < 1.29 is 47.3 Å². The lowest BCUT2D eigenvalue weighted by Gasteiger charge is -2.34. The van der Waals surface area contributed by atoms with Gasteiger partial charge in [-0.2, -0.15) is 0 Å². The first kappa shape index (κ1) is 39.8. The van der Waals surface area contributed by atoms with Gasteiger partial charge in [0.1, 0.15) is 36.4 Å². The summed E-state index contributed by atoms with van der Waals surface area (Å²) in [6.45, 7) is 8.82. The molecule has 4 N–H and O–H groups in total. The Balaban J connectivity index is 1.74. The van der Waals surface area contributed by atoms with Gasteiger partial charge in [-0.25, -0.2) is 19.0 Å². The Kier molecular flexibility index (Phi) is 13.4. The number of aromatic nitrogens is 1. The highest BCUT2D eigenvalue weighted by atomic mass is 19.1. The predicted molar refractivity (Wildman–Crippen MR) is 181 cm³/mol. The number of amides is 3. The van der Waals surface area contributed by atoms with Crippen LogP contribution in [0.2, 0.25) is 0 Å². The largest absolute Gasteiger partial charge is 0.480 e. The number of rotatable bonds is 13. The van der Waals surface area contributed by atoms with Crippen molar-refractivity contribution in [3.63, 3.8) is 0 Å². The molecule has 1 aromatic heterocycles. The molecular formula is C35H47F2N5O8. The van der Waals surface area contributed by atoms with Crippen LogP contribution in [0.4, 0.5) is 13.6 Å². The highest BCUT2D eigenvalue weighted by molar-refractivity contribution is 5.91. The second kappa shape index (κ2) is 16.8. The molecule has 1 aliphatic rings. The second-order valence-corrected chi connectivity index (χ2v) is 13.8. The molecule has 0 bridgehead atoms. The Morgan fingerprint density at radius 3 is 2.32 bits per heavy atom. The number of nitrogens with zero attached hydrogens (tertiary/aromatic N) is 2. The van der Waals surface area contributed by atoms with Crippen molar-refractivity contribution in [3.8, 4) is 0 Å². The smallest absolute Gasteiger partial charge is 0.408 e. The molecule has 0 saturated carbocycles. The third-order valence-corrected chi connectivity index (χ3v) is 7.97. The number of alkyl halides is 2. The molecule has 3 amide bonds. The Morgan fingerprint density at radius 2 is 1.72 bits per heavy atom. The molecular weight excluding hydrogens is 656 g/mol. The van der Waals surface area contributed by atoms with E-state index < -0.39 is 84.4 Å². The first-order valence-corrected chi connectivity index (χ1v) is 16.4. The normalized spacial score (nSPS) is 17.2. The van der Waals surface area contributed by atoms with Gasteiger partial charge in [-0.1, -0.05) is 44.2 Å². The number of hydrazine groups is 1. The molecule has 2 aromatic rings. The zero-order valence-corrected chi connectivity index (χ0v) is 29.4. The van der Waals surface area contributed by atoms with Crippen LogP contribution in [-0.4, -0.2) is 88.6 Å². The van der Waals surface area contributed by atoms with Gasteiger partial charge in [-0.3, -0.25) is 29.2 Å². The first-order valence-electron chi connectivity index (χ1n) is 16.4. The van der Waals surface area contributed by atoms with Gasteiger partial charge < -0.3 is 25.2 Å². The molecule has 3 rings (SSSR count). The molecule has 0 radical (unpaired) electrons. The number of halogens is 2. The van der Waals surface area contributed by atoms with Gasteiger partial charge >= 0.3 is 18.0 Å². The van der Waals surface area contributed by atoms with Crippen molar-refractivity contribution in [2.75, 3.05) is 19.9 Å². The van der Waals surface area contributed by atoms with Crippen LogP contribution < -0.4 is 16.1 Å². The Morgan fingerprint density at radius 1 is 1.06 bits per heavy atom. The quantitative estimate of drug-likeness (QED) is 0.219. The number of aliphatic carboxylic acids is 1. The summed E-state index contributed by atoms with van der Waals surface area (Å²) in [5, 5.41) is 16.3. The van der Waals surface area contributed by atoms with Gasteiger partial charge in [0.15, 0.2) is 6.10 Å². The van der Waals surface area contributed by atoms with E-state index in [1.807, 2.05) is 6.07 Å². The fourth-order valence-electron chi connectivity index (χ4n) is 5.05. The molecule has 1 saturated heterocycles. The number of carbonyl (C=O) groups is 5. The fourth-order valence-corrected chi connectivity index (χ4v) is 5.05. The highest BCUT2D eigenvalue weighted by Crippen LogP contribution is 2.28. The maximum absolute atomic E-state index is 14.5. The number of hydrogen-bond donors (Lipinski definition) is 4. The summed E-state index contributed by atoms with van der Waals surface area (Å²) >= 11 is 0. The van der Waals surface area contributed by atoms with Crippen LogP contribution in [0.3, 0.4) is 0 Å². The van der Waals surface area contributed by atoms with Crippen LogP contribution in [0.1, 0.15) is 78.6 Å². The molecule has 50 heavy (non-hydrogen) atoms. The van der Waals surface area contributed by atoms with Crippen molar-refractivity contribution in [2.45, 2.75) is 91.1 Å². The molecule has 1 fully saturated rings. The van der Waals surface area contributed by atoms with E-state index in [0.717, 1.165) is 16.5 Å². The van der Waals surface area contributed by atoms with E-state index in [9.17, 15) is 37.9 Å². The zero-order chi connectivity index (χ0) is 37.4. The third-order valence-electron chi connectivity index (χ3n) is 7.97. The minimum absolute atomic E-state index is 0.228. The maximum atomic E-state index is 14.5. The SMILES string of the molecule is CC(C)[C@H](OC(=O)C(/C=C/c1ccc2ccc([C@@H](C)NC(=O)OC(C)(C)C)nc2c1)(CF)CF)C(=O)N[C@@H](C)C(=O)N1CCC[C@@H](C(=O)O)N1. The molecule has 0 unspecified atom stereocenters. The average Bonchev–Trinajstić information content (AvgIpc) is 3.05. The highest BCUT2D eigenvalue weighted by Gasteiger charge is 2.42. The van der Waals surface area contributed by atoms with Crippen molar-refractivity contribution in [1.29, 1.82) is 0 Å². The molecule has 1 aliphatic heterocycles. The number of nitrogens with one attached hydrogen (secondary N) is 3. The van der Waals surface area contributed by atoms with Gasteiger partial charge in [-0.05, 0) is 71.1 Å². The molecule has 0 spiro atoms. The number of hydrogen-bond acceptors (Lipinski definition) is 9. The van der Waals surface area contributed by atoms with Gasteiger partial charge in [-0.15, -0.1) is 0 Å². The zero-order valence-electron chi connectivity index (χ0n) is 29.4. The number of pyridine rings is 1. The first-order chi connectivity index (χ1) is 23.4. The number of fused-ring (bicyclic) bond motifs is 1. The average molecular weight is 704 g/mol. The van der Waals surface area contributed by atoms with E-state index in [1.54, 1.807) is 65.8 Å². The lowest BCUT2D eigenvalue weighted by molar-refractivity contribution is -0.168. The molecule has 1 aromatic carbocycles. The summed E-state index contributed by atoms with van der Waals surface area (Å²) in [5.41, 5.74) is 1.11. The van der Waals surface area contributed by atoms with Gasteiger partial charge in [0.05, 0.1) is 17.3 Å². The number of carboxylic acid groups (broad SMARTS) is 1. The fraction of sp³-hybridized carbons (Fsp3) is 0.543. The minimum atomic E-state index is -2.37. The van der Waals surface area contributed by atoms with E-state index in [0.29, 0.717) is 29.6 Å². The Bertz CT molecular complexity index is 1590. The van der Waals surface area contributed by atoms with Crippen molar-refractivity contribution in [2.24, 2.45) is 11.3 Å². The number of alkyl carbamates (subject to hydrolysis) is 1. The van der Waals surface area contributed by atoms with Crippen molar-refractivity contribution in [3.05, 3.63) is 47.7 Å². The van der Waals surface area contributed by atoms with Crippen molar-refractivity contribution >= 4 is 46.8 Å². The van der Waals surface area contributed by atoms with E-state index in [2.05, 4.69) is 21.0 Å². The molecule has 13 nitrogen and oxygen atoms in total. The van der Waals surface area contributed by atoms with E-state index in [1.165, 1.54) is 13.0 Å². The lowest BCUT2D eigenvalue weighted by atomic mass is 9.89. The van der Waals surface area contributed by atoms with Gasteiger partial charge in [0.2, 0.25) is 0 Å². The van der Waals surface area contributed by atoms with E-state index in [-0.39, 0.29) is 6.54 Å². The second-order valence-electron chi connectivity index (χ2n) is 13.8. The maximum Gasteiger partial charge on any atom is 0.408 e. The number of carbonyl (C=O) groups excluding carboxylic acids is 4. The molecule has 2 heterocycles. The summed E-state index contributed by atoms with van der Waals surface area (Å²) in [5.74, 6) is -4.52. The summed E-state index contributed by atoms with van der Waals surface area (Å²) in [7, 11) is 0. The van der Waals surface area contributed by atoms with Crippen LogP contribution >= 0.6 is 0 Å². The minimum Gasteiger partial charge on any atom is -0.480 e. The molecule has 15 heteroatoms. The van der Waals surface area contributed by atoms with E-state index >= 15 is 0 Å². The van der Waals surface area contributed by atoms with E-state index in [4.69, 9.17) is 9.47 Å². The predicted octanol–water partition coefficient (Wildman–Crippen LogP) is 4.41. The van der Waals surface area contributed by atoms with Crippen LogP contribution in [0.5, 0.6) is 0 Å². The summed E-state index contributed by atoms with van der Waals surface area (Å²) in [4.78, 5) is 67.6. The lowest BCUT2D eigenvalue weighted by Crippen LogP contribution is -2.60. The summed E-state index contributed by atoms with van der Waals surface area (Å²) in [6, 6.07) is 6.05. The number of benzene rings is 1. The Hall–Kier alpha value is -4.66. The van der Waals surface area contributed by atoms with Gasteiger partial charge in [0.25, 0.3) is 11.8 Å². The molecule has 274 valence electrons. The summed E-state index contributed by atoms with van der Waals surface area (Å²) in [6.07, 6.45) is 1.08. The van der Waals surface area contributed by atoms with Crippen LogP contribution in [0.15, 0.2) is 36.4 Å². The van der Waals surface area contributed by atoms with Crippen LogP contribution in [0.25, 0.3) is 17.0 Å². The Labute approximate surface area is 290 Å². The van der Waals surface area contributed by atoms with Crippen LogP contribution in [0, 0.1) is 11.3 Å². The topological polar surface area (TPSA) is 176 Å². The third kappa shape index (κ3) is 10.4. The van der Waals surface area contributed by atoms with Crippen molar-refractivity contribution in [1.82, 2.24) is 26.1 Å². The van der Waals surface area contributed by atoms with Crippen LogP contribution in [-0.2, 0) is 28.7 Å². The number of ether oxygens (including phenoxy) is 2.